The van der Waals surface area contributed by atoms with E-state index in [-0.39, 0.29) is 11.1 Å². The van der Waals surface area contributed by atoms with Crippen LogP contribution in [0.25, 0.3) is 16.6 Å². The van der Waals surface area contributed by atoms with E-state index in [1.807, 2.05) is 42.6 Å². The van der Waals surface area contributed by atoms with Crippen LogP contribution in [0.3, 0.4) is 0 Å². The van der Waals surface area contributed by atoms with E-state index >= 15 is 0 Å². The number of nitrogens with zero attached hydrogens (tertiary/aromatic N) is 2. The van der Waals surface area contributed by atoms with E-state index in [9.17, 15) is 9.59 Å². The zero-order chi connectivity index (χ0) is 16.2. The molecule has 4 nitrogen and oxygen atoms in total. The summed E-state index contributed by atoms with van der Waals surface area (Å²) in [5, 5.41) is 2.62. The number of benzene rings is 1. The molecule has 0 N–H and O–H groups in total. The van der Waals surface area contributed by atoms with Crippen molar-refractivity contribution in [3.05, 3.63) is 46.3 Å². The summed E-state index contributed by atoms with van der Waals surface area (Å²) in [7, 11) is 0. The minimum Gasteiger partial charge on any atom is -0.268 e. The van der Waals surface area contributed by atoms with E-state index in [0.717, 1.165) is 40.9 Å². The molecular weight excluding hydrogens is 328 g/mol. The predicted octanol–water partition coefficient (Wildman–Crippen LogP) is 4.65. The molecule has 1 aromatic carbocycles. The van der Waals surface area contributed by atoms with E-state index in [2.05, 4.69) is 4.98 Å². The maximum Gasteiger partial charge on any atom is 0.293 e. The van der Waals surface area contributed by atoms with Crippen molar-refractivity contribution in [1.29, 1.82) is 0 Å². The van der Waals surface area contributed by atoms with Crippen LogP contribution in [0.5, 0.6) is 0 Å². The highest BCUT2D eigenvalue weighted by atomic mass is 32.2. The number of hydrogen-bond donors (Lipinski definition) is 0. The van der Waals surface area contributed by atoms with Crippen LogP contribution in [-0.2, 0) is 4.79 Å². The van der Waals surface area contributed by atoms with Crippen LogP contribution in [0.1, 0.15) is 25.5 Å². The smallest absolute Gasteiger partial charge is 0.268 e. The van der Waals surface area contributed by atoms with Gasteiger partial charge in [-0.3, -0.25) is 14.5 Å². The molecule has 2 heterocycles. The van der Waals surface area contributed by atoms with Gasteiger partial charge >= 0.3 is 0 Å². The Morgan fingerprint density at radius 2 is 2.00 bits per heavy atom. The van der Waals surface area contributed by atoms with Gasteiger partial charge in [-0.2, -0.15) is 0 Å². The monoisotopic (exact) mass is 344 g/mol. The molecule has 0 atom stereocenters. The summed E-state index contributed by atoms with van der Waals surface area (Å²) in [4.78, 5) is 30.5. The normalized spacial score (nSPS) is 16.6. The quantitative estimate of drug-likeness (QED) is 0.741. The van der Waals surface area contributed by atoms with Gasteiger partial charge in [0.25, 0.3) is 11.1 Å². The average Bonchev–Trinajstić information content (AvgIpc) is 3.13. The largest absolute Gasteiger partial charge is 0.293 e. The first-order valence-electron chi connectivity index (χ1n) is 7.45. The van der Waals surface area contributed by atoms with Gasteiger partial charge in [0, 0.05) is 17.5 Å². The number of thiazole rings is 1. The van der Waals surface area contributed by atoms with Gasteiger partial charge in [-0.05, 0) is 24.3 Å². The lowest BCUT2D eigenvalue weighted by Crippen LogP contribution is -2.29. The lowest BCUT2D eigenvalue weighted by atomic mass is 10.2. The van der Waals surface area contributed by atoms with Gasteiger partial charge in [-0.25, -0.2) is 4.98 Å². The minimum absolute atomic E-state index is 0.187. The molecule has 3 rings (SSSR count). The predicted molar refractivity (Wildman–Crippen MR) is 95.1 cm³/mol. The molecule has 0 bridgehead atoms. The summed E-state index contributed by atoms with van der Waals surface area (Å²) in [5.41, 5.74) is 1.77. The molecular formula is C17H16N2O2S2. The highest BCUT2D eigenvalue weighted by Crippen LogP contribution is 2.33. The molecule has 2 amide bonds. The summed E-state index contributed by atoms with van der Waals surface area (Å²) in [6.45, 7) is 2.53. The van der Waals surface area contributed by atoms with E-state index in [4.69, 9.17) is 0 Å². The van der Waals surface area contributed by atoms with Crippen molar-refractivity contribution in [2.24, 2.45) is 0 Å². The number of hydrogen-bond acceptors (Lipinski definition) is 5. The Kier molecular flexibility index (Phi) is 4.93. The minimum atomic E-state index is -0.206. The van der Waals surface area contributed by atoms with Crippen LogP contribution >= 0.6 is 23.1 Å². The van der Waals surface area contributed by atoms with Crippen LogP contribution in [0, 0.1) is 0 Å². The summed E-state index contributed by atoms with van der Waals surface area (Å²) in [6, 6.07) is 9.90. The zero-order valence-electron chi connectivity index (χ0n) is 12.7. The summed E-state index contributed by atoms with van der Waals surface area (Å²) < 4.78 is 0. The Labute approximate surface area is 143 Å². The SMILES string of the molecule is CCCCN1C(=O)S/C(=C/c2csc(-c3ccccc3)n2)C1=O. The van der Waals surface area contributed by atoms with E-state index in [1.165, 1.54) is 16.2 Å². The maximum absolute atomic E-state index is 12.3. The number of thioether (sulfide) groups is 1. The van der Waals surface area contributed by atoms with Gasteiger partial charge in [-0.15, -0.1) is 11.3 Å². The number of carbonyl (C=O) groups excluding carboxylic acids is 2. The summed E-state index contributed by atoms with van der Waals surface area (Å²) in [6.07, 6.45) is 3.49. The molecule has 0 aliphatic carbocycles. The molecule has 0 saturated carbocycles. The van der Waals surface area contributed by atoms with Crippen molar-refractivity contribution in [1.82, 2.24) is 9.88 Å². The number of aromatic nitrogens is 1. The van der Waals surface area contributed by atoms with Crippen molar-refractivity contribution in [3.8, 4) is 10.6 Å². The first kappa shape index (κ1) is 16.0. The van der Waals surface area contributed by atoms with Crippen molar-refractivity contribution in [2.75, 3.05) is 6.54 Å². The third kappa shape index (κ3) is 3.54. The fourth-order valence-electron chi connectivity index (χ4n) is 2.21. The Balaban J connectivity index is 1.79. The molecule has 0 spiro atoms. The van der Waals surface area contributed by atoms with Crippen molar-refractivity contribution >= 4 is 40.3 Å². The molecule has 1 saturated heterocycles. The molecule has 118 valence electrons. The lowest BCUT2D eigenvalue weighted by Gasteiger charge is -2.10. The van der Waals surface area contributed by atoms with Crippen LogP contribution < -0.4 is 0 Å². The number of rotatable bonds is 5. The third-order valence-electron chi connectivity index (χ3n) is 3.43. The van der Waals surface area contributed by atoms with Gasteiger partial charge in [0.15, 0.2) is 0 Å². The molecule has 6 heteroatoms. The lowest BCUT2D eigenvalue weighted by molar-refractivity contribution is -0.122. The Morgan fingerprint density at radius 3 is 2.74 bits per heavy atom. The fraction of sp³-hybridized carbons (Fsp3) is 0.235. The second-order valence-corrected chi connectivity index (χ2v) is 6.98. The van der Waals surface area contributed by atoms with Gasteiger partial charge in [0.2, 0.25) is 0 Å². The van der Waals surface area contributed by atoms with Crippen LogP contribution in [0.15, 0.2) is 40.6 Å². The molecule has 2 aromatic rings. The van der Waals surface area contributed by atoms with E-state index in [1.54, 1.807) is 6.08 Å². The molecule has 1 aliphatic rings. The first-order valence-corrected chi connectivity index (χ1v) is 9.15. The van der Waals surface area contributed by atoms with Gasteiger partial charge in [0.05, 0.1) is 10.6 Å². The molecule has 1 fully saturated rings. The summed E-state index contributed by atoms with van der Waals surface area (Å²) >= 11 is 2.52. The van der Waals surface area contributed by atoms with E-state index in [0.29, 0.717) is 11.4 Å². The molecule has 23 heavy (non-hydrogen) atoms. The van der Waals surface area contributed by atoms with Crippen molar-refractivity contribution in [2.45, 2.75) is 19.8 Å². The Bertz CT molecular complexity index is 753. The van der Waals surface area contributed by atoms with Crippen molar-refractivity contribution in [3.63, 3.8) is 0 Å². The third-order valence-corrected chi connectivity index (χ3v) is 5.25. The Morgan fingerprint density at radius 1 is 1.22 bits per heavy atom. The molecule has 0 radical (unpaired) electrons. The maximum atomic E-state index is 12.3. The first-order chi connectivity index (χ1) is 11.2. The standard InChI is InChI=1S/C17H16N2O2S2/c1-2-3-9-19-16(20)14(23-17(19)21)10-13-11-22-15(18-13)12-7-5-4-6-8-12/h4-8,10-11H,2-3,9H2,1H3/b14-10+. The van der Waals surface area contributed by atoms with E-state index < -0.39 is 0 Å². The molecule has 1 aromatic heterocycles. The zero-order valence-corrected chi connectivity index (χ0v) is 14.3. The van der Waals surface area contributed by atoms with Gasteiger partial charge in [0.1, 0.15) is 5.01 Å². The van der Waals surface area contributed by atoms with Gasteiger partial charge < -0.3 is 0 Å². The van der Waals surface area contributed by atoms with Crippen LogP contribution in [0.2, 0.25) is 0 Å². The number of unbranched alkanes of at least 4 members (excludes halogenated alkanes) is 1. The molecule has 1 aliphatic heterocycles. The van der Waals surface area contributed by atoms with Crippen LogP contribution in [0.4, 0.5) is 4.79 Å². The number of amides is 2. The highest BCUT2D eigenvalue weighted by molar-refractivity contribution is 8.18. The fourth-order valence-corrected chi connectivity index (χ4v) is 3.84. The van der Waals surface area contributed by atoms with Gasteiger partial charge in [-0.1, -0.05) is 43.7 Å². The second-order valence-electron chi connectivity index (χ2n) is 5.13. The van der Waals surface area contributed by atoms with Crippen LogP contribution in [-0.4, -0.2) is 27.6 Å². The number of carbonyl (C=O) groups is 2. The number of imide groups is 1. The van der Waals surface area contributed by atoms with Crippen molar-refractivity contribution < 1.29 is 9.59 Å². The summed E-state index contributed by atoms with van der Waals surface area (Å²) in [5.74, 6) is -0.206. The second kappa shape index (κ2) is 7.10. The molecule has 0 unspecified atom stereocenters. The Hall–Kier alpha value is -1.92. The highest BCUT2D eigenvalue weighted by Gasteiger charge is 2.34. The topological polar surface area (TPSA) is 50.3 Å². The average molecular weight is 344 g/mol.